The molecule has 2 aromatic carbocycles. The zero-order chi connectivity index (χ0) is 24.8. The van der Waals surface area contributed by atoms with Crippen molar-refractivity contribution in [1.29, 1.82) is 5.26 Å². The third-order valence-corrected chi connectivity index (χ3v) is 6.50. The average Bonchev–Trinajstić information content (AvgIpc) is 3.33. The van der Waals surface area contributed by atoms with E-state index in [1.54, 1.807) is 23.9 Å². The van der Waals surface area contributed by atoms with Crippen molar-refractivity contribution in [2.45, 2.75) is 50.3 Å². The Morgan fingerprint density at radius 3 is 2.46 bits per heavy atom. The van der Waals surface area contributed by atoms with Crippen LogP contribution < -0.4 is 5.32 Å². The van der Waals surface area contributed by atoms with Crippen LogP contribution in [-0.4, -0.2) is 38.3 Å². The van der Waals surface area contributed by atoms with Crippen molar-refractivity contribution >= 4 is 12.0 Å². The van der Waals surface area contributed by atoms with Gasteiger partial charge >= 0.3 is 0 Å². The lowest BCUT2D eigenvalue weighted by Gasteiger charge is -2.36. The predicted molar refractivity (Wildman–Crippen MR) is 134 cm³/mol. The Bertz CT molecular complexity index is 1200. The number of amides is 1. The van der Waals surface area contributed by atoms with Crippen molar-refractivity contribution in [1.82, 2.24) is 14.9 Å². The summed E-state index contributed by atoms with van der Waals surface area (Å²) in [4.78, 5) is 15.7. The number of nitrogens with zero attached hydrogens (tertiary/aromatic N) is 3. The summed E-state index contributed by atoms with van der Waals surface area (Å²) in [5.74, 6) is 0.768. The van der Waals surface area contributed by atoms with E-state index in [2.05, 4.69) is 46.7 Å². The molecular weight excluding hydrogens is 440 g/mol. The Labute approximate surface area is 205 Å². The molecule has 3 N–H and O–H groups in total. The van der Waals surface area contributed by atoms with Gasteiger partial charge in [0.25, 0.3) is 0 Å². The van der Waals surface area contributed by atoms with E-state index in [1.165, 1.54) is 5.56 Å². The number of aliphatic hydroxyl groups is 2. The molecule has 180 valence electrons. The molecule has 1 saturated carbocycles. The molecule has 1 aromatic heterocycles. The lowest BCUT2D eigenvalue weighted by molar-refractivity contribution is -0.121. The largest absolute Gasteiger partial charge is 0.394 e. The molecule has 1 heterocycles. The molecule has 3 aromatic rings. The summed E-state index contributed by atoms with van der Waals surface area (Å²) in [6.07, 6.45) is 8.27. The van der Waals surface area contributed by atoms with Crippen LogP contribution in [-0.2, 0) is 4.79 Å². The maximum atomic E-state index is 11.5. The third kappa shape index (κ3) is 5.86. The zero-order valence-electron chi connectivity index (χ0n) is 19.7. The van der Waals surface area contributed by atoms with Crippen molar-refractivity contribution in [3.63, 3.8) is 0 Å². The molecule has 4 rings (SSSR count). The second-order valence-corrected chi connectivity index (χ2v) is 8.99. The van der Waals surface area contributed by atoms with E-state index < -0.39 is 6.10 Å². The van der Waals surface area contributed by atoms with Crippen LogP contribution >= 0.6 is 0 Å². The summed E-state index contributed by atoms with van der Waals surface area (Å²) in [7, 11) is 0. The normalized spacial score (nSPS) is 19.0. The molecule has 7 nitrogen and oxygen atoms in total. The molecule has 7 heteroatoms. The number of hydrogen-bond acceptors (Lipinski definition) is 5. The number of carbonyl (C=O) groups excluding carboxylic acids is 1. The highest BCUT2D eigenvalue weighted by Crippen LogP contribution is 2.37. The highest BCUT2D eigenvalue weighted by atomic mass is 16.3. The van der Waals surface area contributed by atoms with Gasteiger partial charge in [-0.05, 0) is 47.9 Å². The molecule has 2 atom stereocenters. The maximum Gasteiger partial charge on any atom is 0.234 e. The number of rotatable bonds is 9. The minimum absolute atomic E-state index is 0.0823. The molecule has 0 bridgehead atoms. The Hall–Kier alpha value is -3.73. The molecular formula is C28H30N4O3. The summed E-state index contributed by atoms with van der Waals surface area (Å²) < 4.78 is 1.78. The Balaban J connectivity index is 1.35. The minimum atomic E-state index is -0.709. The summed E-state index contributed by atoms with van der Waals surface area (Å²) in [6.45, 7) is 1.56. The SMILES string of the molecule is C[C@H](O)c1nccn1[C@@H](/C=C/c1ccc(-c2ccc([C@H]3C[C@H](NC(=O)CC#N)C3)cc2)cc1)CO. The molecule has 0 spiro atoms. The minimum Gasteiger partial charge on any atom is -0.394 e. The predicted octanol–water partition coefficient (Wildman–Crippen LogP) is 4.13. The standard InChI is InChI=1S/C28H30N4O3/c1-19(34)28-30-14-15-32(28)26(18-33)11-4-20-2-5-21(6-3-20)22-7-9-23(10-8-22)24-16-25(17-24)31-27(35)12-13-29/h2-11,14-15,19,24-26,33-34H,12,16-18H2,1H3,(H,31,35)/b11-4+/t19-,24-,25-,26-/m0/s1. The van der Waals surface area contributed by atoms with E-state index in [1.807, 2.05) is 30.4 Å². The van der Waals surface area contributed by atoms with Gasteiger partial charge in [-0.15, -0.1) is 0 Å². The first-order valence-electron chi connectivity index (χ1n) is 11.8. The number of benzene rings is 2. The van der Waals surface area contributed by atoms with Crippen LogP contribution in [0.5, 0.6) is 0 Å². The molecule has 1 aliphatic carbocycles. The van der Waals surface area contributed by atoms with Gasteiger partial charge in [-0.25, -0.2) is 4.98 Å². The molecule has 0 aliphatic heterocycles. The molecule has 0 saturated heterocycles. The van der Waals surface area contributed by atoms with E-state index >= 15 is 0 Å². The van der Waals surface area contributed by atoms with Crippen LogP contribution in [0.15, 0.2) is 67.0 Å². The van der Waals surface area contributed by atoms with Gasteiger partial charge in [-0.2, -0.15) is 5.26 Å². The van der Waals surface area contributed by atoms with Gasteiger partial charge in [0.2, 0.25) is 5.91 Å². The smallest absolute Gasteiger partial charge is 0.234 e. The number of nitrogens with one attached hydrogen (secondary N) is 1. The lowest BCUT2D eigenvalue weighted by atomic mass is 9.75. The van der Waals surface area contributed by atoms with Crippen LogP contribution in [0.3, 0.4) is 0 Å². The van der Waals surface area contributed by atoms with Gasteiger partial charge in [0.05, 0.1) is 18.7 Å². The highest BCUT2D eigenvalue weighted by molar-refractivity contribution is 5.78. The Morgan fingerprint density at radius 2 is 1.86 bits per heavy atom. The fourth-order valence-corrected chi connectivity index (χ4v) is 4.49. The molecule has 1 amide bonds. The molecule has 0 radical (unpaired) electrons. The number of carbonyl (C=O) groups is 1. The monoisotopic (exact) mass is 470 g/mol. The number of aliphatic hydroxyl groups excluding tert-OH is 2. The first kappa shape index (κ1) is 24.4. The van der Waals surface area contributed by atoms with Crippen molar-refractivity contribution in [3.8, 4) is 17.2 Å². The summed E-state index contributed by atoms with van der Waals surface area (Å²) in [5.41, 5.74) is 4.54. The summed E-state index contributed by atoms with van der Waals surface area (Å²) in [6, 6.07) is 18.5. The van der Waals surface area contributed by atoms with Crippen LogP contribution in [0, 0.1) is 11.3 Å². The maximum absolute atomic E-state index is 11.5. The Morgan fingerprint density at radius 1 is 1.20 bits per heavy atom. The first-order chi connectivity index (χ1) is 17.0. The number of nitriles is 1. The first-order valence-corrected chi connectivity index (χ1v) is 11.8. The summed E-state index contributed by atoms with van der Waals surface area (Å²) in [5, 5.41) is 31.2. The van der Waals surface area contributed by atoms with Crippen molar-refractivity contribution in [2.75, 3.05) is 6.61 Å². The van der Waals surface area contributed by atoms with E-state index in [9.17, 15) is 15.0 Å². The average molecular weight is 471 g/mol. The van der Waals surface area contributed by atoms with Crippen molar-refractivity contribution in [3.05, 3.63) is 84.0 Å². The molecule has 35 heavy (non-hydrogen) atoms. The van der Waals surface area contributed by atoms with E-state index in [4.69, 9.17) is 5.26 Å². The number of imidazole rings is 1. The van der Waals surface area contributed by atoms with Crippen LogP contribution in [0.1, 0.15) is 61.2 Å². The van der Waals surface area contributed by atoms with Gasteiger partial charge in [0.1, 0.15) is 18.3 Å². The van der Waals surface area contributed by atoms with Gasteiger partial charge in [-0.1, -0.05) is 60.7 Å². The second-order valence-electron chi connectivity index (χ2n) is 8.99. The van der Waals surface area contributed by atoms with E-state index in [0.29, 0.717) is 11.7 Å². The van der Waals surface area contributed by atoms with Crippen LogP contribution in [0.2, 0.25) is 0 Å². The molecule has 0 unspecified atom stereocenters. The quantitative estimate of drug-likeness (QED) is 0.436. The van der Waals surface area contributed by atoms with Crippen LogP contribution in [0.25, 0.3) is 17.2 Å². The van der Waals surface area contributed by atoms with Gasteiger partial charge in [-0.3, -0.25) is 4.79 Å². The van der Waals surface area contributed by atoms with E-state index in [-0.39, 0.29) is 31.0 Å². The number of aromatic nitrogens is 2. The topological polar surface area (TPSA) is 111 Å². The zero-order valence-corrected chi connectivity index (χ0v) is 19.7. The van der Waals surface area contributed by atoms with Gasteiger partial charge in [0.15, 0.2) is 0 Å². The fourth-order valence-electron chi connectivity index (χ4n) is 4.49. The fraction of sp³-hybridized carbons (Fsp3) is 0.321. The number of hydrogen-bond donors (Lipinski definition) is 3. The van der Waals surface area contributed by atoms with Crippen molar-refractivity contribution in [2.24, 2.45) is 0 Å². The lowest BCUT2D eigenvalue weighted by Crippen LogP contribution is -2.43. The van der Waals surface area contributed by atoms with E-state index in [0.717, 1.165) is 29.5 Å². The summed E-state index contributed by atoms with van der Waals surface area (Å²) >= 11 is 0. The molecule has 1 fully saturated rings. The van der Waals surface area contributed by atoms with Gasteiger partial charge < -0.3 is 20.1 Å². The van der Waals surface area contributed by atoms with Crippen LogP contribution in [0.4, 0.5) is 0 Å². The third-order valence-electron chi connectivity index (χ3n) is 6.50. The molecule has 1 aliphatic rings. The second kappa shape index (κ2) is 11.1. The Kier molecular flexibility index (Phi) is 7.76. The van der Waals surface area contributed by atoms with Crippen molar-refractivity contribution < 1.29 is 15.0 Å². The van der Waals surface area contributed by atoms with Gasteiger partial charge in [0, 0.05) is 18.4 Å². The highest BCUT2D eigenvalue weighted by Gasteiger charge is 2.31.